The van der Waals surface area contributed by atoms with E-state index in [1.54, 1.807) is 4.90 Å². The van der Waals surface area contributed by atoms with Gasteiger partial charge in [-0.05, 0) is 29.8 Å². The van der Waals surface area contributed by atoms with Gasteiger partial charge < -0.3 is 14.6 Å². The van der Waals surface area contributed by atoms with Crippen LogP contribution in [0, 0.1) is 5.82 Å². The lowest BCUT2D eigenvalue weighted by Gasteiger charge is -2.15. The van der Waals surface area contributed by atoms with Crippen molar-refractivity contribution >= 4 is 5.91 Å². The van der Waals surface area contributed by atoms with E-state index in [-0.39, 0.29) is 18.3 Å². The zero-order valence-electron chi connectivity index (χ0n) is 16.6. The van der Waals surface area contributed by atoms with Crippen LogP contribution in [0.1, 0.15) is 24.0 Å². The van der Waals surface area contributed by atoms with E-state index in [1.807, 2.05) is 18.2 Å². The Morgan fingerprint density at radius 1 is 1.10 bits per heavy atom. The Bertz CT molecular complexity index is 1070. The lowest BCUT2D eigenvalue weighted by Crippen LogP contribution is -3.08. The second-order valence-electron chi connectivity index (χ2n) is 7.52. The summed E-state index contributed by atoms with van der Waals surface area (Å²) in [7, 11) is 0. The van der Waals surface area contributed by atoms with Crippen LogP contribution in [-0.4, -0.2) is 28.8 Å². The third-order valence-electron chi connectivity index (χ3n) is 5.34. The molecule has 8 heteroatoms. The molecule has 1 saturated heterocycles. The Labute approximate surface area is 173 Å². The van der Waals surface area contributed by atoms with Gasteiger partial charge >= 0.3 is 5.76 Å². The van der Waals surface area contributed by atoms with Crippen LogP contribution < -0.4 is 16.0 Å². The van der Waals surface area contributed by atoms with Gasteiger partial charge in [0.05, 0.1) is 13.1 Å². The minimum atomic E-state index is -0.734. The molecule has 0 unspecified atom stereocenters. The highest BCUT2D eigenvalue weighted by Crippen LogP contribution is 2.15. The van der Waals surface area contributed by atoms with Gasteiger partial charge in [0.1, 0.15) is 18.9 Å². The summed E-state index contributed by atoms with van der Waals surface area (Å²) in [5, 5.41) is 6.90. The summed E-state index contributed by atoms with van der Waals surface area (Å²) in [6.45, 7) is 3.47. The van der Waals surface area contributed by atoms with Crippen LogP contribution in [-0.2, 0) is 24.4 Å². The molecule has 0 aliphatic carbocycles. The predicted octanol–water partition coefficient (Wildman–Crippen LogP) is 1.14. The average molecular weight is 411 g/mol. The topological polar surface area (TPSA) is 81.6 Å². The van der Waals surface area contributed by atoms with E-state index in [0.29, 0.717) is 12.1 Å². The molecule has 3 aromatic rings. The van der Waals surface area contributed by atoms with Gasteiger partial charge in [0.25, 0.3) is 0 Å². The Morgan fingerprint density at radius 3 is 2.53 bits per heavy atom. The Balaban J connectivity index is 1.38. The van der Waals surface area contributed by atoms with Crippen molar-refractivity contribution in [1.82, 2.24) is 15.1 Å². The monoisotopic (exact) mass is 411 g/mol. The second-order valence-corrected chi connectivity index (χ2v) is 7.52. The van der Waals surface area contributed by atoms with Crippen LogP contribution in [0.4, 0.5) is 4.39 Å². The average Bonchev–Trinajstić information content (AvgIpc) is 3.38. The molecule has 2 aromatic carbocycles. The zero-order chi connectivity index (χ0) is 20.9. The van der Waals surface area contributed by atoms with E-state index >= 15 is 0 Å². The molecule has 0 spiro atoms. The standard InChI is InChI=1S/C22H23FN4O3/c23-19-9-7-16(8-10-19)21-25-27(22(29)30-21)15-20(28)24-13-17-5-1-2-6-18(17)14-26-11-3-4-12-26/h1-2,5-10H,3-4,11-15H2,(H,24,28)/p+1. The van der Waals surface area contributed by atoms with Gasteiger partial charge in [-0.1, -0.05) is 24.3 Å². The fourth-order valence-electron chi connectivity index (χ4n) is 3.72. The fraction of sp³-hybridized carbons (Fsp3) is 0.318. The van der Waals surface area contributed by atoms with E-state index in [2.05, 4.69) is 16.5 Å². The number of amides is 1. The predicted molar refractivity (Wildman–Crippen MR) is 108 cm³/mol. The Morgan fingerprint density at radius 2 is 1.80 bits per heavy atom. The van der Waals surface area contributed by atoms with Crippen molar-refractivity contribution in [2.75, 3.05) is 13.1 Å². The van der Waals surface area contributed by atoms with E-state index in [4.69, 9.17) is 4.42 Å². The van der Waals surface area contributed by atoms with Crippen LogP contribution in [0.3, 0.4) is 0 Å². The van der Waals surface area contributed by atoms with E-state index in [1.165, 1.54) is 55.8 Å². The number of nitrogens with one attached hydrogen (secondary N) is 2. The number of quaternary nitrogens is 1. The molecule has 0 saturated carbocycles. The highest BCUT2D eigenvalue weighted by molar-refractivity contribution is 5.75. The number of hydrogen-bond acceptors (Lipinski definition) is 4. The SMILES string of the molecule is O=C(Cn1nc(-c2ccc(F)cc2)oc1=O)NCc1ccccc1C[NH+]1CCCC1. The number of likely N-dealkylation sites (tertiary alicyclic amines) is 1. The molecule has 2 heterocycles. The molecule has 1 aliphatic rings. The number of nitrogens with zero attached hydrogens (tertiary/aromatic N) is 2. The highest BCUT2D eigenvalue weighted by Gasteiger charge is 2.18. The molecule has 1 aromatic heterocycles. The van der Waals surface area contributed by atoms with Crippen molar-refractivity contribution in [2.45, 2.75) is 32.5 Å². The molecule has 2 N–H and O–H groups in total. The normalized spacial score (nSPS) is 14.2. The highest BCUT2D eigenvalue weighted by atomic mass is 19.1. The second kappa shape index (κ2) is 9.04. The van der Waals surface area contributed by atoms with Crippen LogP contribution in [0.25, 0.3) is 11.5 Å². The summed E-state index contributed by atoms with van der Waals surface area (Å²) in [5.41, 5.74) is 2.77. The Kier molecular flexibility index (Phi) is 6.04. The quantitative estimate of drug-likeness (QED) is 0.611. The summed E-state index contributed by atoms with van der Waals surface area (Å²) >= 11 is 0. The van der Waals surface area contributed by atoms with Crippen molar-refractivity contribution in [2.24, 2.45) is 0 Å². The number of carbonyl (C=O) groups is 1. The molecular weight excluding hydrogens is 387 g/mol. The molecule has 156 valence electrons. The first kappa shape index (κ1) is 20.0. The summed E-state index contributed by atoms with van der Waals surface area (Å²) in [6, 6.07) is 13.5. The number of benzene rings is 2. The molecule has 1 amide bonds. The van der Waals surface area contributed by atoms with Gasteiger partial charge in [-0.25, -0.2) is 9.18 Å². The molecule has 1 aliphatic heterocycles. The summed E-state index contributed by atoms with van der Waals surface area (Å²) < 4.78 is 19.1. The van der Waals surface area contributed by atoms with Gasteiger partial charge in [0.2, 0.25) is 11.8 Å². The maximum Gasteiger partial charge on any atom is 0.437 e. The van der Waals surface area contributed by atoms with Crippen molar-refractivity contribution in [3.8, 4) is 11.5 Å². The first-order valence-corrected chi connectivity index (χ1v) is 10.1. The summed E-state index contributed by atoms with van der Waals surface area (Å²) in [5.74, 6) is -1.42. The molecule has 1 fully saturated rings. The van der Waals surface area contributed by atoms with Crippen LogP contribution in [0.2, 0.25) is 0 Å². The van der Waals surface area contributed by atoms with E-state index in [9.17, 15) is 14.0 Å². The van der Waals surface area contributed by atoms with Gasteiger partial charge in [0.15, 0.2) is 0 Å². The molecule has 7 nitrogen and oxygen atoms in total. The lowest BCUT2D eigenvalue weighted by atomic mass is 10.1. The van der Waals surface area contributed by atoms with Gasteiger partial charge in [-0.3, -0.25) is 4.79 Å². The largest absolute Gasteiger partial charge is 0.437 e. The Hall–Kier alpha value is -3.26. The van der Waals surface area contributed by atoms with Crippen molar-refractivity contribution in [1.29, 1.82) is 0 Å². The van der Waals surface area contributed by atoms with Crippen LogP contribution in [0.15, 0.2) is 57.7 Å². The minimum absolute atomic E-state index is 0.0479. The smallest absolute Gasteiger partial charge is 0.388 e. The van der Waals surface area contributed by atoms with Crippen molar-refractivity contribution in [3.05, 3.63) is 76.0 Å². The first-order chi connectivity index (χ1) is 14.6. The first-order valence-electron chi connectivity index (χ1n) is 10.1. The molecule has 0 atom stereocenters. The number of hydrogen-bond donors (Lipinski definition) is 2. The molecular formula is C22H24FN4O3+. The zero-order valence-corrected chi connectivity index (χ0v) is 16.6. The molecule has 0 bridgehead atoms. The third-order valence-corrected chi connectivity index (χ3v) is 5.34. The maximum absolute atomic E-state index is 13.1. The minimum Gasteiger partial charge on any atom is -0.388 e. The summed E-state index contributed by atoms with van der Waals surface area (Å²) in [6.07, 6.45) is 2.53. The molecule has 30 heavy (non-hydrogen) atoms. The number of aromatic nitrogens is 2. The van der Waals surface area contributed by atoms with Crippen molar-refractivity contribution in [3.63, 3.8) is 0 Å². The lowest BCUT2D eigenvalue weighted by molar-refractivity contribution is -0.901. The fourth-order valence-corrected chi connectivity index (χ4v) is 3.72. The maximum atomic E-state index is 13.1. The van der Waals surface area contributed by atoms with Crippen molar-refractivity contribution < 1.29 is 18.5 Å². The number of carbonyl (C=O) groups excluding carboxylic acids is 1. The van der Waals surface area contributed by atoms with E-state index in [0.717, 1.165) is 16.8 Å². The van der Waals surface area contributed by atoms with E-state index < -0.39 is 11.6 Å². The number of halogens is 1. The van der Waals surface area contributed by atoms with Gasteiger partial charge in [-0.15, -0.1) is 5.10 Å². The van der Waals surface area contributed by atoms with Crippen LogP contribution >= 0.6 is 0 Å². The molecule has 0 radical (unpaired) electrons. The molecule has 4 rings (SSSR count). The third kappa shape index (κ3) is 4.83. The summed E-state index contributed by atoms with van der Waals surface area (Å²) in [4.78, 5) is 26.0. The van der Waals surface area contributed by atoms with Gasteiger partial charge in [-0.2, -0.15) is 4.68 Å². The van der Waals surface area contributed by atoms with Gasteiger partial charge in [0, 0.05) is 30.5 Å². The number of rotatable bonds is 7. The van der Waals surface area contributed by atoms with Crippen LogP contribution in [0.5, 0.6) is 0 Å².